The summed E-state index contributed by atoms with van der Waals surface area (Å²) in [6, 6.07) is 0.365. The summed E-state index contributed by atoms with van der Waals surface area (Å²) in [6.45, 7) is 2.56. The summed E-state index contributed by atoms with van der Waals surface area (Å²) in [6.07, 6.45) is 8.62. The Hall–Kier alpha value is -0.610. The van der Waals surface area contributed by atoms with Crippen LogP contribution in [0.2, 0.25) is 0 Å². The Bertz CT molecular complexity index is 277. The zero-order chi connectivity index (χ0) is 13.5. The number of nitrogens with one attached hydrogen (secondary N) is 1. The first-order valence-electron chi connectivity index (χ1n) is 7.84. The molecule has 1 heterocycles. The molecular formula is C15H28N2O2. The maximum atomic E-state index is 11.8. The fourth-order valence-electron chi connectivity index (χ4n) is 3.25. The van der Waals surface area contributed by atoms with E-state index in [-0.39, 0.29) is 5.91 Å². The SMILES string of the molecule is NC1CCCC(CCC(=O)NCCC2CCOC2)C1. The lowest BCUT2D eigenvalue weighted by atomic mass is 9.83. The number of carbonyl (C=O) groups is 1. The van der Waals surface area contributed by atoms with Crippen LogP contribution in [0.5, 0.6) is 0 Å². The van der Waals surface area contributed by atoms with E-state index < -0.39 is 0 Å². The van der Waals surface area contributed by atoms with Gasteiger partial charge in [0.2, 0.25) is 5.91 Å². The van der Waals surface area contributed by atoms with Crippen molar-refractivity contribution in [3.05, 3.63) is 0 Å². The maximum absolute atomic E-state index is 11.8. The van der Waals surface area contributed by atoms with Gasteiger partial charge in [0, 0.05) is 32.2 Å². The highest BCUT2D eigenvalue weighted by Gasteiger charge is 2.20. The van der Waals surface area contributed by atoms with E-state index >= 15 is 0 Å². The second kappa shape index (κ2) is 7.85. The van der Waals surface area contributed by atoms with Gasteiger partial charge in [-0.25, -0.2) is 0 Å². The highest BCUT2D eigenvalue weighted by atomic mass is 16.5. The average molecular weight is 268 g/mol. The molecule has 3 atom stereocenters. The molecule has 3 N–H and O–H groups in total. The van der Waals surface area contributed by atoms with Crippen molar-refractivity contribution in [1.82, 2.24) is 5.32 Å². The van der Waals surface area contributed by atoms with Gasteiger partial charge in [-0.3, -0.25) is 4.79 Å². The van der Waals surface area contributed by atoms with Crippen molar-refractivity contribution in [3.8, 4) is 0 Å². The first kappa shape index (κ1) is 14.8. The average Bonchev–Trinajstić information content (AvgIpc) is 2.90. The van der Waals surface area contributed by atoms with Gasteiger partial charge in [0.25, 0.3) is 0 Å². The summed E-state index contributed by atoms with van der Waals surface area (Å²) in [5.41, 5.74) is 5.97. The summed E-state index contributed by atoms with van der Waals surface area (Å²) in [4.78, 5) is 11.8. The molecular weight excluding hydrogens is 240 g/mol. The third-order valence-electron chi connectivity index (χ3n) is 4.50. The molecule has 0 bridgehead atoms. The number of amides is 1. The molecule has 1 amide bonds. The lowest BCUT2D eigenvalue weighted by molar-refractivity contribution is -0.121. The monoisotopic (exact) mass is 268 g/mol. The number of rotatable bonds is 6. The number of hydrogen-bond acceptors (Lipinski definition) is 3. The fourth-order valence-corrected chi connectivity index (χ4v) is 3.25. The van der Waals surface area contributed by atoms with Gasteiger partial charge in [-0.15, -0.1) is 0 Å². The van der Waals surface area contributed by atoms with Gasteiger partial charge in [0.1, 0.15) is 0 Å². The lowest BCUT2D eigenvalue weighted by Gasteiger charge is -2.26. The molecule has 1 saturated carbocycles. The molecule has 0 spiro atoms. The number of ether oxygens (including phenoxy) is 1. The van der Waals surface area contributed by atoms with Crippen LogP contribution in [0.25, 0.3) is 0 Å². The third kappa shape index (κ3) is 5.49. The van der Waals surface area contributed by atoms with Crippen LogP contribution in [-0.2, 0) is 9.53 Å². The van der Waals surface area contributed by atoms with Crippen LogP contribution in [0.15, 0.2) is 0 Å². The highest BCUT2D eigenvalue weighted by Crippen LogP contribution is 2.26. The Balaban J connectivity index is 1.51. The lowest BCUT2D eigenvalue weighted by Crippen LogP contribution is -2.30. The standard InChI is InChI=1S/C15H28N2O2/c16-14-3-1-2-12(10-14)4-5-15(18)17-8-6-13-7-9-19-11-13/h12-14H,1-11,16H2,(H,17,18). The Kier molecular flexibility index (Phi) is 6.11. The van der Waals surface area contributed by atoms with Gasteiger partial charge >= 0.3 is 0 Å². The molecule has 0 aromatic rings. The molecule has 0 radical (unpaired) electrons. The molecule has 2 fully saturated rings. The van der Waals surface area contributed by atoms with Crippen molar-refractivity contribution in [2.75, 3.05) is 19.8 Å². The molecule has 3 unspecified atom stereocenters. The van der Waals surface area contributed by atoms with Gasteiger partial charge in [-0.05, 0) is 43.9 Å². The van der Waals surface area contributed by atoms with Crippen molar-refractivity contribution in [2.45, 2.75) is 57.4 Å². The molecule has 2 rings (SSSR count). The molecule has 4 nitrogen and oxygen atoms in total. The molecule has 2 aliphatic rings. The van der Waals surface area contributed by atoms with Crippen molar-refractivity contribution in [2.24, 2.45) is 17.6 Å². The third-order valence-corrected chi connectivity index (χ3v) is 4.50. The van der Waals surface area contributed by atoms with Crippen LogP contribution in [0.1, 0.15) is 51.4 Å². The van der Waals surface area contributed by atoms with E-state index in [9.17, 15) is 4.79 Å². The van der Waals surface area contributed by atoms with Crippen LogP contribution in [0.3, 0.4) is 0 Å². The minimum absolute atomic E-state index is 0.207. The minimum atomic E-state index is 0.207. The summed E-state index contributed by atoms with van der Waals surface area (Å²) in [5.74, 6) is 1.52. The second-order valence-corrected chi connectivity index (χ2v) is 6.20. The van der Waals surface area contributed by atoms with E-state index in [0.29, 0.717) is 24.3 Å². The topological polar surface area (TPSA) is 64.4 Å². The Labute approximate surface area is 116 Å². The molecule has 1 aliphatic heterocycles. The quantitative estimate of drug-likeness (QED) is 0.772. The molecule has 1 aliphatic carbocycles. The van der Waals surface area contributed by atoms with Gasteiger partial charge in [-0.2, -0.15) is 0 Å². The minimum Gasteiger partial charge on any atom is -0.381 e. The molecule has 110 valence electrons. The van der Waals surface area contributed by atoms with E-state index in [0.717, 1.165) is 51.9 Å². The maximum Gasteiger partial charge on any atom is 0.220 e. The zero-order valence-corrected chi connectivity index (χ0v) is 11.9. The van der Waals surface area contributed by atoms with Crippen molar-refractivity contribution < 1.29 is 9.53 Å². The van der Waals surface area contributed by atoms with E-state index in [2.05, 4.69) is 5.32 Å². The zero-order valence-electron chi connectivity index (χ0n) is 11.9. The predicted octanol–water partition coefficient (Wildman–Crippen LogP) is 1.83. The molecule has 1 saturated heterocycles. The van der Waals surface area contributed by atoms with E-state index in [1.807, 2.05) is 0 Å². The van der Waals surface area contributed by atoms with Crippen molar-refractivity contribution in [1.29, 1.82) is 0 Å². The predicted molar refractivity (Wildman–Crippen MR) is 75.7 cm³/mol. The van der Waals surface area contributed by atoms with Crippen LogP contribution in [0, 0.1) is 11.8 Å². The largest absolute Gasteiger partial charge is 0.381 e. The summed E-state index contributed by atoms with van der Waals surface area (Å²) in [5, 5.41) is 3.03. The Morgan fingerprint density at radius 3 is 2.84 bits per heavy atom. The molecule has 0 aromatic heterocycles. The van der Waals surface area contributed by atoms with Crippen LogP contribution >= 0.6 is 0 Å². The first-order chi connectivity index (χ1) is 9.24. The second-order valence-electron chi connectivity index (χ2n) is 6.20. The van der Waals surface area contributed by atoms with Crippen molar-refractivity contribution >= 4 is 5.91 Å². The van der Waals surface area contributed by atoms with E-state index in [4.69, 9.17) is 10.5 Å². The van der Waals surface area contributed by atoms with Crippen LogP contribution < -0.4 is 11.1 Å². The normalized spacial score (nSPS) is 31.3. The smallest absolute Gasteiger partial charge is 0.220 e. The van der Waals surface area contributed by atoms with E-state index in [1.165, 1.54) is 12.8 Å². The van der Waals surface area contributed by atoms with Crippen LogP contribution in [-0.4, -0.2) is 31.7 Å². The van der Waals surface area contributed by atoms with Gasteiger partial charge in [-0.1, -0.05) is 12.8 Å². The van der Waals surface area contributed by atoms with Gasteiger partial charge in [0.05, 0.1) is 0 Å². The van der Waals surface area contributed by atoms with Gasteiger partial charge in [0.15, 0.2) is 0 Å². The Morgan fingerprint density at radius 1 is 1.21 bits per heavy atom. The fraction of sp³-hybridized carbons (Fsp3) is 0.933. The Morgan fingerprint density at radius 2 is 2.11 bits per heavy atom. The highest BCUT2D eigenvalue weighted by molar-refractivity contribution is 5.75. The van der Waals surface area contributed by atoms with Crippen LogP contribution in [0.4, 0.5) is 0 Å². The number of nitrogens with two attached hydrogens (primary N) is 1. The molecule has 0 aromatic carbocycles. The molecule has 4 heteroatoms. The number of carbonyl (C=O) groups excluding carboxylic acids is 1. The molecule has 19 heavy (non-hydrogen) atoms. The first-order valence-corrected chi connectivity index (χ1v) is 7.84. The number of hydrogen-bond donors (Lipinski definition) is 2. The van der Waals surface area contributed by atoms with Gasteiger partial charge < -0.3 is 15.8 Å². The summed E-state index contributed by atoms with van der Waals surface area (Å²) < 4.78 is 5.33. The summed E-state index contributed by atoms with van der Waals surface area (Å²) in [7, 11) is 0. The van der Waals surface area contributed by atoms with E-state index in [1.54, 1.807) is 0 Å². The van der Waals surface area contributed by atoms with Crippen molar-refractivity contribution in [3.63, 3.8) is 0 Å². The summed E-state index contributed by atoms with van der Waals surface area (Å²) >= 11 is 0.